The number of amides is 4. The standard InChI is InChI=1S/C69H92N4O11Si2/c1-18-20-31-79-59-27-25-49(29-33-85(12,13)14)35-53(59)68(76)72-57-37-55(61(81-41-45(3)4)39-63(57)83-43-47(7)8)70-66(74)51-23-22-24-52(65(51)78-11)67(75)71-56-38-58(64(84-44-48(9)10)40-62(56)82-42-46(5)6)73-69(77)54-36-50(30-34-86(15,16)17)26-28-60(54)80-32-21-19-2/h22-28,35-40,45-48H,18-21,31-32,41-44H2,1-17H3,(H,70,74)(H,71,75)(H,72,76)(H,73,77). The second kappa shape index (κ2) is 32.6. The van der Waals surface area contributed by atoms with Crippen molar-refractivity contribution in [2.45, 2.75) is 134 Å². The summed E-state index contributed by atoms with van der Waals surface area (Å²) in [4.78, 5) is 58.8. The Hall–Kier alpha value is -7.87. The lowest BCUT2D eigenvalue weighted by molar-refractivity contribution is 0.101. The Morgan fingerprint density at radius 3 is 1.01 bits per heavy atom. The van der Waals surface area contributed by atoms with Crippen molar-refractivity contribution in [1.82, 2.24) is 0 Å². The fourth-order valence-corrected chi connectivity index (χ4v) is 8.92. The van der Waals surface area contributed by atoms with Gasteiger partial charge in [-0.15, -0.1) is 11.1 Å². The number of unbranched alkanes of at least 4 members (excludes halogenated alkanes) is 2. The van der Waals surface area contributed by atoms with Gasteiger partial charge in [-0.2, -0.15) is 0 Å². The molecule has 0 spiro atoms. The average molecular weight is 1210 g/mol. The van der Waals surface area contributed by atoms with Gasteiger partial charge in [0.15, 0.2) is 0 Å². The van der Waals surface area contributed by atoms with E-state index in [0.717, 1.165) is 25.7 Å². The zero-order valence-corrected chi connectivity index (χ0v) is 55.9. The van der Waals surface area contributed by atoms with Crippen molar-refractivity contribution in [2.24, 2.45) is 23.7 Å². The Labute approximate surface area is 513 Å². The van der Waals surface area contributed by atoms with Gasteiger partial charge in [0.25, 0.3) is 23.6 Å². The van der Waals surface area contributed by atoms with E-state index in [2.05, 4.69) is 97.3 Å². The van der Waals surface area contributed by atoms with E-state index < -0.39 is 39.8 Å². The minimum Gasteiger partial charge on any atom is -0.495 e. The van der Waals surface area contributed by atoms with Gasteiger partial charge >= 0.3 is 0 Å². The summed E-state index contributed by atoms with van der Waals surface area (Å²) in [5.41, 5.74) is 9.65. The molecule has 4 amide bonds. The first-order chi connectivity index (χ1) is 40.7. The molecule has 5 rings (SSSR count). The van der Waals surface area contributed by atoms with Crippen molar-refractivity contribution < 1.29 is 52.3 Å². The summed E-state index contributed by atoms with van der Waals surface area (Å²) in [5.74, 6) is 6.70. The topological polar surface area (TPSA) is 181 Å². The molecule has 5 aromatic rings. The summed E-state index contributed by atoms with van der Waals surface area (Å²) < 4.78 is 43.6. The fraction of sp³-hybridized carbons (Fsp3) is 0.449. The summed E-state index contributed by atoms with van der Waals surface area (Å²) in [6, 6.07) is 21.9. The molecule has 15 nitrogen and oxygen atoms in total. The van der Waals surface area contributed by atoms with E-state index in [4.69, 9.17) is 33.2 Å². The van der Waals surface area contributed by atoms with Crippen LogP contribution in [0, 0.1) is 46.6 Å². The van der Waals surface area contributed by atoms with Gasteiger partial charge in [0.2, 0.25) is 0 Å². The molecule has 0 heterocycles. The summed E-state index contributed by atoms with van der Waals surface area (Å²) in [6.45, 7) is 35.2. The Morgan fingerprint density at radius 1 is 0.419 bits per heavy atom. The van der Waals surface area contributed by atoms with Gasteiger partial charge < -0.3 is 54.4 Å². The van der Waals surface area contributed by atoms with E-state index in [9.17, 15) is 19.2 Å². The minimum atomic E-state index is -1.76. The first kappa shape index (κ1) is 68.9. The number of benzene rings is 5. The van der Waals surface area contributed by atoms with Gasteiger partial charge in [-0.1, -0.05) is 139 Å². The van der Waals surface area contributed by atoms with Gasteiger partial charge in [0, 0.05) is 23.3 Å². The maximum Gasteiger partial charge on any atom is 0.259 e. The Kier molecular flexibility index (Phi) is 26.1. The lowest BCUT2D eigenvalue weighted by atomic mass is 10.1. The van der Waals surface area contributed by atoms with Crippen LogP contribution in [0.5, 0.6) is 40.2 Å². The maximum absolute atomic E-state index is 14.8. The molecule has 17 heteroatoms. The van der Waals surface area contributed by atoms with Crippen LogP contribution in [-0.2, 0) is 0 Å². The molecule has 0 bridgehead atoms. The van der Waals surface area contributed by atoms with E-state index >= 15 is 0 Å². The summed E-state index contributed by atoms with van der Waals surface area (Å²) in [7, 11) is -2.14. The number of rotatable bonds is 29. The quantitative estimate of drug-likeness (QED) is 0.0203. The van der Waals surface area contributed by atoms with E-state index in [-0.39, 0.29) is 99.1 Å². The molecule has 0 aliphatic heterocycles. The van der Waals surface area contributed by atoms with Crippen LogP contribution in [0.2, 0.25) is 39.3 Å². The molecule has 0 radical (unpaired) electrons. The minimum absolute atomic E-state index is 0.0150. The first-order valence-corrected chi connectivity index (χ1v) is 37.1. The molecule has 0 aliphatic rings. The molecule has 0 aliphatic carbocycles. The zero-order chi connectivity index (χ0) is 63.3. The Bertz CT molecular complexity index is 3070. The molecule has 0 unspecified atom stereocenters. The highest BCUT2D eigenvalue weighted by atomic mass is 28.3. The van der Waals surface area contributed by atoms with E-state index in [1.165, 1.54) is 19.2 Å². The Morgan fingerprint density at radius 2 is 0.733 bits per heavy atom. The predicted molar refractivity (Wildman–Crippen MR) is 353 cm³/mol. The molecule has 86 heavy (non-hydrogen) atoms. The van der Waals surface area contributed by atoms with Crippen LogP contribution in [0.25, 0.3) is 0 Å². The molecular formula is C69H92N4O11Si2. The molecule has 0 fully saturated rings. The second-order valence-electron chi connectivity index (χ2n) is 25.0. The molecule has 5 aromatic carbocycles. The molecule has 462 valence electrons. The van der Waals surface area contributed by atoms with Crippen molar-refractivity contribution in [1.29, 1.82) is 0 Å². The van der Waals surface area contributed by atoms with Crippen LogP contribution in [-0.4, -0.2) is 86.5 Å². The summed E-state index contributed by atoms with van der Waals surface area (Å²) in [6.07, 6.45) is 3.41. The number of nitrogens with one attached hydrogen (secondary N) is 4. The second-order valence-corrected chi connectivity index (χ2v) is 34.5. The van der Waals surface area contributed by atoms with Gasteiger partial charge in [-0.05, 0) is 97.2 Å². The Balaban J connectivity index is 1.59. The van der Waals surface area contributed by atoms with Crippen LogP contribution >= 0.6 is 0 Å². The lowest BCUT2D eigenvalue weighted by Gasteiger charge is -2.21. The third kappa shape index (κ3) is 21.9. The molecule has 0 aromatic heterocycles. The van der Waals surface area contributed by atoms with Gasteiger partial charge in [-0.25, -0.2) is 0 Å². The maximum atomic E-state index is 14.8. The van der Waals surface area contributed by atoms with Crippen molar-refractivity contribution in [2.75, 3.05) is 68.0 Å². The van der Waals surface area contributed by atoms with Gasteiger partial charge in [0.1, 0.15) is 56.4 Å². The van der Waals surface area contributed by atoms with E-state index in [1.807, 2.05) is 67.5 Å². The predicted octanol–water partition coefficient (Wildman–Crippen LogP) is 15.7. The van der Waals surface area contributed by atoms with Gasteiger partial charge in [-0.3, -0.25) is 19.2 Å². The molecule has 0 saturated heterocycles. The average Bonchev–Trinajstić information content (AvgIpc) is 1.38. The third-order valence-electron chi connectivity index (χ3n) is 12.3. The normalized spacial score (nSPS) is 11.3. The number of anilines is 4. The largest absolute Gasteiger partial charge is 0.495 e. The van der Waals surface area contributed by atoms with Crippen LogP contribution in [0.1, 0.15) is 147 Å². The van der Waals surface area contributed by atoms with Crippen molar-refractivity contribution >= 4 is 62.5 Å². The SMILES string of the molecule is CCCCOc1ccc(C#C[Si](C)(C)C)cc1C(=O)Nc1cc(NC(=O)c2cccc(C(=O)Nc3cc(NC(=O)c4cc(C#C[Si](C)(C)C)ccc4OCCCC)c(OCC(C)C)cc3OCC(C)C)c2OC)c(OCC(C)C)cc1OCC(C)C. The van der Waals surface area contributed by atoms with Crippen LogP contribution < -0.4 is 54.4 Å². The van der Waals surface area contributed by atoms with Crippen molar-refractivity contribution in [3.63, 3.8) is 0 Å². The van der Waals surface area contributed by atoms with Crippen molar-refractivity contribution in [3.8, 4) is 63.2 Å². The molecule has 4 N–H and O–H groups in total. The number of carbonyl (C=O) groups is 4. The van der Waals surface area contributed by atoms with Crippen LogP contribution in [0.4, 0.5) is 22.7 Å². The van der Waals surface area contributed by atoms with Gasteiger partial charge in [0.05, 0.1) is 91.8 Å². The zero-order valence-electron chi connectivity index (χ0n) is 53.9. The molecule has 0 saturated carbocycles. The van der Waals surface area contributed by atoms with E-state index in [0.29, 0.717) is 60.6 Å². The van der Waals surface area contributed by atoms with Crippen molar-refractivity contribution in [3.05, 3.63) is 112 Å². The monoisotopic (exact) mass is 1210 g/mol. The highest BCUT2D eigenvalue weighted by Gasteiger charge is 2.27. The van der Waals surface area contributed by atoms with Crippen LogP contribution in [0.15, 0.2) is 78.9 Å². The highest BCUT2D eigenvalue weighted by Crippen LogP contribution is 2.41. The fourth-order valence-electron chi connectivity index (χ4n) is 7.88. The highest BCUT2D eigenvalue weighted by molar-refractivity contribution is 6.84. The third-order valence-corrected chi connectivity index (χ3v) is 14.0. The number of hydrogen-bond donors (Lipinski definition) is 4. The first-order valence-electron chi connectivity index (χ1n) is 30.1. The number of methoxy groups -OCH3 is 1. The molecular weight excluding hydrogens is 1120 g/mol. The summed E-state index contributed by atoms with van der Waals surface area (Å²) >= 11 is 0. The van der Waals surface area contributed by atoms with Crippen LogP contribution in [0.3, 0.4) is 0 Å². The smallest absolute Gasteiger partial charge is 0.259 e. The molecule has 0 atom stereocenters. The van der Waals surface area contributed by atoms with E-state index in [1.54, 1.807) is 54.6 Å². The number of hydrogen-bond acceptors (Lipinski definition) is 11. The summed E-state index contributed by atoms with van der Waals surface area (Å²) in [5, 5.41) is 12.1. The number of ether oxygens (including phenoxy) is 7. The number of para-hydroxylation sites is 1. The lowest BCUT2D eigenvalue weighted by Crippen LogP contribution is -2.20. The number of carbonyl (C=O) groups excluding carboxylic acids is 4.